The Kier molecular flexibility index (Phi) is 4.27. The van der Waals surface area contributed by atoms with Gasteiger partial charge in [0.05, 0.1) is 6.21 Å². The summed E-state index contributed by atoms with van der Waals surface area (Å²) in [5, 5.41) is 3.64. The highest BCUT2D eigenvalue weighted by atomic mass is 32.1. The zero-order valence-electron chi connectivity index (χ0n) is 8.36. The number of hydrogen-bond donors (Lipinski definition) is 2. The molecule has 0 spiro atoms. The van der Waals surface area contributed by atoms with Gasteiger partial charge in [0, 0.05) is 0 Å². The Hall–Kier alpha value is -1.83. The van der Waals surface area contributed by atoms with E-state index in [-0.39, 0.29) is 10.9 Å². The molecule has 0 saturated heterocycles. The number of ether oxygens (including phenoxy) is 1. The van der Waals surface area contributed by atoms with E-state index in [2.05, 4.69) is 27.5 Å². The lowest BCUT2D eigenvalue weighted by atomic mass is 10.2. The molecule has 0 amide bonds. The maximum atomic E-state index is 11.8. The van der Waals surface area contributed by atoms with Gasteiger partial charge in [0.25, 0.3) is 0 Å². The summed E-state index contributed by atoms with van der Waals surface area (Å²) in [6.45, 7) is 0. The SMILES string of the molecule is NC(=S)N/N=C/c1ccc(OC(F)(F)F)cc1. The number of alkyl halides is 3. The van der Waals surface area contributed by atoms with Gasteiger partial charge in [-0.3, -0.25) is 5.43 Å². The molecule has 1 aromatic carbocycles. The molecule has 0 fully saturated rings. The lowest BCUT2D eigenvalue weighted by Gasteiger charge is -2.08. The van der Waals surface area contributed by atoms with Crippen molar-refractivity contribution in [2.24, 2.45) is 10.8 Å². The molecular formula is C9H8F3N3OS. The summed E-state index contributed by atoms with van der Waals surface area (Å²) in [6, 6.07) is 5.17. The number of nitrogens with one attached hydrogen (secondary N) is 1. The van der Waals surface area contributed by atoms with Crippen molar-refractivity contribution in [3.8, 4) is 5.75 Å². The first-order valence-electron chi connectivity index (χ1n) is 4.31. The molecule has 8 heteroatoms. The minimum atomic E-state index is -4.69. The van der Waals surface area contributed by atoms with E-state index in [9.17, 15) is 13.2 Å². The summed E-state index contributed by atoms with van der Waals surface area (Å²) in [6.07, 6.45) is -3.33. The first kappa shape index (κ1) is 13.2. The summed E-state index contributed by atoms with van der Waals surface area (Å²) < 4.78 is 39.2. The first-order valence-corrected chi connectivity index (χ1v) is 4.72. The fraction of sp³-hybridized carbons (Fsp3) is 0.111. The molecule has 1 rings (SSSR count). The second-order valence-electron chi connectivity index (χ2n) is 2.85. The molecule has 17 heavy (non-hydrogen) atoms. The average molecular weight is 263 g/mol. The van der Waals surface area contributed by atoms with Crippen LogP contribution >= 0.6 is 12.2 Å². The predicted octanol–water partition coefficient (Wildman–Crippen LogP) is 1.75. The molecular weight excluding hydrogens is 255 g/mol. The van der Waals surface area contributed by atoms with Gasteiger partial charge < -0.3 is 10.5 Å². The van der Waals surface area contributed by atoms with Gasteiger partial charge in [-0.2, -0.15) is 5.10 Å². The number of thiocarbonyl (C=S) groups is 1. The van der Waals surface area contributed by atoms with Crippen molar-refractivity contribution in [1.82, 2.24) is 5.43 Å². The van der Waals surface area contributed by atoms with Crippen molar-refractivity contribution >= 4 is 23.5 Å². The van der Waals surface area contributed by atoms with Crippen LogP contribution in [0.4, 0.5) is 13.2 Å². The standard InChI is InChI=1S/C9H8F3N3OS/c10-9(11,12)16-7-3-1-6(2-4-7)5-14-15-8(13)17/h1-5H,(H3,13,15,17)/b14-5+. The first-order chi connectivity index (χ1) is 7.87. The maximum absolute atomic E-state index is 11.8. The highest BCUT2D eigenvalue weighted by molar-refractivity contribution is 7.80. The van der Waals surface area contributed by atoms with E-state index in [1.165, 1.54) is 30.5 Å². The Morgan fingerprint density at radius 1 is 1.35 bits per heavy atom. The Morgan fingerprint density at radius 3 is 2.41 bits per heavy atom. The van der Waals surface area contributed by atoms with Crippen LogP contribution in [0.25, 0.3) is 0 Å². The Morgan fingerprint density at radius 2 is 1.94 bits per heavy atom. The van der Waals surface area contributed by atoms with Gasteiger partial charge >= 0.3 is 6.36 Å². The fourth-order valence-electron chi connectivity index (χ4n) is 0.926. The lowest BCUT2D eigenvalue weighted by molar-refractivity contribution is -0.274. The Balaban J connectivity index is 2.62. The smallest absolute Gasteiger partial charge is 0.406 e. The number of hydrazone groups is 1. The third-order valence-electron chi connectivity index (χ3n) is 1.50. The molecule has 1 aromatic rings. The molecule has 0 atom stereocenters. The number of nitrogens with two attached hydrogens (primary N) is 1. The van der Waals surface area contributed by atoms with Crippen LogP contribution in [0.3, 0.4) is 0 Å². The molecule has 3 N–H and O–H groups in total. The van der Waals surface area contributed by atoms with Gasteiger partial charge in [0.2, 0.25) is 0 Å². The summed E-state index contributed by atoms with van der Waals surface area (Å²) in [5.41, 5.74) is 8.00. The van der Waals surface area contributed by atoms with Crippen molar-refractivity contribution in [3.05, 3.63) is 29.8 Å². The van der Waals surface area contributed by atoms with E-state index in [4.69, 9.17) is 5.73 Å². The van der Waals surface area contributed by atoms with Gasteiger partial charge in [0.1, 0.15) is 5.75 Å². The number of halogens is 3. The monoisotopic (exact) mass is 263 g/mol. The van der Waals surface area contributed by atoms with Crippen LogP contribution in [0.15, 0.2) is 29.4 Å². The molecule has 0 unspecified atom stereocenters. The van der Waals surface area contributed by atoms with Crippen molar-refractivity contribution in [2.45, 2.75) is 6.36 Å². The van der Waals surface area contributed by atoms with E-state index < -0.39 is 6.36 Å². The van der Waals surface area contributed by atoms with Crippen molar-refractivity contribution in [2.75, 3.05) is 0 Å². The third-order valence-corrected chi connectivity index (χ3v) is 1.59. The van der Waals surface area contributed by atoms with Crippen LogP contribution in [-0.2, 0) is 0 Å². The van der Waals surface area contributed by atoms with Crippen LogP contribution < -0.4 is 15.9 Å². The molecule has 92 valence electrons. The summed E-state index contributed by atoms with van der Waals surface area (Å²) >= 11 is 4.50. The van der Waals surface area contributed by atoms with E-state index in [0.29, 0.717) is 5.56 Å². The van der Waals surface area contributed by atoms with Crippen molar-refractivity contribution in [1.29, 1.82) is 0 Å². The van der Waals surface area contributed by atoms with Crippen LogP contribution in [-0.4, -0.2) is 17.7 Å². The van der Waals surface area contributed by atoms with E-state index >= 15 is 0 Å². The van der Waals surface area contributed by atoms with Gasteiger partial charge in [0.15, 0.2) is 5.11 Å². The highest BCUT2D eigenvalue weighted by Crippen LogP contribution is 2.22. The lowest BCUT2D eigenvalue weighted by Crippen LogP contribution is -2.23. The normalized spacial score (nSPS) is 11.5. The molecule has 0 aromatic heterocycles. The highest BCUT2D eigenvalue weighted by Gasteiger charge is 2.30. The zero-order chi connectivity index (χ0) is 12.9. The predicted molar refractivity (Wildman–Crippen MR) is 60.6 cm³/mol. The average Bonchev–Trinajstić information content (AvgIpc) is 2.18. The number of benzene rings is 1. The minimum Gasteiger partial charge on any atom is -0.406 e. The molecule has 0 bridgehead atoms. The van der Waals surface area contributed by atoms with E-state index in [1.54, 1.807) is 0 Å². The van der Waals surface area contributed by atoms with Gasteiger partial charge in [-0.15, -0.1) is 13.2 Å². The Bertz CT molecular complexity index is 416. The van der Waals surface area contributed by atoms with E-state index in [1.807, 2.05) is 0 Å². The third kappa shape index (κ3) is 5.71. The molecule has 0 aliphatic carbocycles. The van der Waals surface area contributed by atoms with Gasteiger partial charge in [-0.1, -0.05) is 0 Å². The second kappa shape index (κ2) is 5.48. The topological polar surface area (TPSA) is 59.6 Å². The van der Waals surface area contributed by atoms with Gasteiger partial charge in [-0.25, -0.2) is 0 Å². The Labute approximate surface area is 100 Å². The van der Waals surface area contributed by atoms with Crippen LogP contribution in [0.1, 0.15) is 5.56 Å². The molecule has 0 aliphatic heterocycles. The van der Waals surface area contributed by atoms with Crippen LogP contribution in [0.2, 0.25) is 0 Å². The molecule has 4 nitrogen and oxygen atoms in total. The quantitative estimate of drug-likeness (QED) is 0.495. The van der Waals surface area contributed by atoms with E-state index in [0.717, 1.165) is 0 Å². The number of rotatable bonds is 3. The van der Waals surface area contributed by atoms with Crippen molar-refractivity contribution < 1.29 is 17.9 Å². The fourth-order valence-corrected chi connectivity index (χ4v) is 0.979. The van der Waals surface area contributed by atoms with Crippen molar-refractivity contribution in [3.63, 3.8) is 0 Å². The van der Waals surface area contributed by atoms with Crippen LogP contribution in [0, 0.1) is 0 Å². The summed E-state index contributed by atoms with van der Waals surface area (Å²) in [7, 11) is 0. The second-order valence-corrected chi connectivity index (χ2v) is 3.29. The molecule has 0 aliphatic rings. The van der Waals surface area contributed by atoms with Crippen LogP contribution in [0.5, 0.6) is 5.75 Å². The summed E-state index contributed by atoms with van der Waals surface area (Å²) in [4.78, 5) is 0. The largest absolute Gasteiger partial charge is 0.573 e. The van der Waals surface area contributed by atoms with Gasteiger partial charge in [-0.05, 0) is 42.0 Å². The molecule has 0 heterocycles. The number of nitrogens with zero attached hydrogens (tertiary/aromatic N) is 1. The number of hydrogen-bond acceptors (Lipinski definition) is 3. The minimum absolute atomic E-state index is 0.00160. The molecule has 0 saturated carbocycles. The summed E-state index contributed by atoms with van der Waals surface area (Å²) in [5.74, 6) is -0.294. The maximum Gasteiger partial charge on any atom is 0.573 e. The zero-order valence-corrected chi connectivity index (χ0v) is 9.18. The molecule has 0 radical (unpaired) electrons.